The molecule has 0 N–H and O–H groups in total. The maximum absolute atomic E-state index is 11.0. The fraction of sp³-hybridized carbons (Fsp3) is 0.0720. The summed E-state index contributed by atoms with van der Waals surface area (Å²) >= 11 is 0. The van der Waals surface area contributed by atoms with Gasteiger partial charge in [0.1, 0.15) is 11.5 Å². The molecule has 133 heavy (non-hydrogen) atoms. The Morgan fingerprint density at radius 2 is 0.684 bits per heavy atom. The number of hydrogen-bond acceptors (Lipinski definition) is 5. The number of nitrogens with zero attached hydrogens (tertiary/aromatic N) is 6. The first kappa shape index (κ1) is 65.7. The predicted octanol–water partition coefficient (Wildman–Crippen LogP) is 30.5. The van der Waals surface area contributed by atoms with Crippen LogP contribution < -0.4 is 30.9 Å². The number of fused-ring (bicyclic) bond motifs is 12. The van der Waals surface area contributed by atoms with Gasteiger partial charge >= 0.3 is 0 Å². The minimum Gasteiger partial charge on any atom is -0.457 e. The molecule has 0 bridgehead atoms. The van der Waals surface area contributed by atoms with Gasteiger partial charge in [0, 0.05) is 89.0 Å². The molecule has 0 amide bonds. The van der Waals surface area contributed by atoms with Gasteiger partial charge in [0.15, 0.2) is 0 Å². The van der Waals surface area contributed by atoms with Gasteiger partial charge in [-0.2, -0.15) is 10.5 Å². The highest BCUT2D eigenvalue weighted by Crippen LogP contribution is 2.60. The van der Waals surface area contributed by atoms with Crippen LogP contribution in [0.4, 0.5) is 34.1 Å². The molecule has 24 rings (SSSR count). The molecule has 0 aliphatic carbocycles. The lowest BCUT2D eigenvalue weighted by Gasteiger charge is -2.46. The Bertz CT molecular complexity index is 8840. The molecule has 19 aromatic carbocycles. The number of rotatable bonds is 13. The average molecular weight is 1720 g/mol. The molecule has 21 aromatic rings. The van der Waals surface area contributed by atoms with Crippen LogP contribution in [0.3, 0.4) is 0 Å². The molecule has 3 aliphatic rings. The molecule has 0 saturated carbocycles. The summed E-state index contributed by atoms with van der Waals surface area (Å²) in [5.41, 5.74) is 20.3. The van der Waals surface area contributed by atoms with Crippen LogP contribution in [0.2, 0.25) is 0 Å². The lowest BCUT2D eigenvalue weighted by Crippen LogP contribution is -2.61. The minimum absolute atomic E-state index is 0.105. The molecule has 5 heterocycles. The molecule has 0 spiro atoms. The highest BCUT2D eigenvalue weighted by atomic mass is 16.5. The van der Waals surface area contributed by atoms with Crippen molar-refractivity contribution in [1.29, 1.82) is 10.5 Å². The van der Waals surface area contributed by atoms with Crippen molar-refractivity contribution in [1.82, 2.24) is 9.13 Å². The van der Waals surface area contributed by atoms with E-state index >= 15 is 0 Å². The third kappa shape index (κ3) is 13.0. The van der Waals surface area contributed by atoms with Crippen molar-refractivity contribution in [3.63, 3.8) is 0 Å². The van der Waals surface area contributed by atoms with E-state index in [0.29, 0.717) is 62.1 Å². The molecule has 628 valence electrons. The number of hydrogen-bond donors (Lipinski definition) is 0. The molecule has 0 fully saturated rings. The van der Waals surface area contributed by atoms with Crippen LogP contribution in [0.25, 0.3) is 133 Å². The van der Waals surface area contributed by atoms with Gasteiger partial charge in [-0.15, -0.1) is 0 Å². The minimum atomic E-state index is -1.07. The molecule has 0 unspecified atom stereocenters. The first-order chi connectivity index (χ1) is 71.0. The number of benzene rings is 19. The number of nitriles is 2. The van der Waals surface area contributed by atoms with Gasteiger partial charge < -0.3 is 23.7 Å². The normalized spacial score (nSPS) is 14.4. The summed E-state index contributed by atoms with van der Waals surface area (Å²) in [6.07, 6.45) is 0. The smallest absolute Gasteiger partial charge is 0.252 e. The largest absolute Gasteiger partial charge is 0.457 e. The van der Waals surface area contributed by atoms with Crippen molar-refractivity contribution in [2.24, 2.45) is 0 Å². The molecule has 7 nitrogen and oxygen atoms in total. The van der Waals surface area contributed by atoms with Crippen molar-refractivity contribution in [2.45, 2.75) is 57.8 Å². The fourth-order valence-electron chi connectivity index (χ4n) is 20.7. The van der Waals surface area contributed by atoms with Crippen LogP contribution in [0.5, 0.6) is 11.5 Å². The van der Waals surface area contributed by atoms with Crippen LogP contribution in [0, 0.1) is 22.7 Å². The summed E-state index contributed by atoms with van der Waals surface area (Å²) in [7, 11) is 0. The average Bonchev–Trinajstić information content (AvgIpc) is 1.27. The second-order valence-electron chi connectivity index (χ2n) is 36.6. The number of aromatic nitrogens is 2. The highest BCUT2D eigenvalue weighted by molar-refractivity contribution is 7.00. The van der Waals surface area contributed by atoms with E-state index < -0.39 is 119 Å². The van der Waals surface area contributed by atoms with Gasteiger partial charge in [-0.05, 0) is 244 Å². The van der Waals surface area contributed by atoms with E-state index in [2.05, 4.69) is 264 Å². The molecule has 0 saturated heterocycles. The molecular formula is C125H89BN6O. The van der Waals surface area contributed by atoms with Crippen LogP contribution in [0.1, 0.15) is 105 Å². The lowest BCUT2D eigenvalue weighted by molar-refractivity contribution is 0.434. The van der Waals surface area contributed by atoms with Crippen molar-refractivity contribution in [3.05, 3.63) is 475 Å². The summed E-state index contributed by atoms with van der Waals surface area (Å²) < 4.78 is 149. The van der Waals surface area contributed by atoms with Crippen molar-refractivity contribution < 1.29 is 23.9 Å². The summed E-state index contributed by atoms with van der Waals surface area (Å²) in [5.74, 6) is 1.28. The van der Waals surface area contributed by atoms with Gasteiger partial charge in [-0.25, -0.2) is 0 Å². The van der Waals surface area contributed by atoms with E-state index in [1.807, 2.05) is 146 Å². The van der Waals surface area contributed by atoms with Gasteiger partial charge in [0.2, 0.25) is 0 Å². The van der Waals surface area contributed by atoms with Crippen LogP contribution >= 0.6 is 0 Å². The number of para-hydroxylation sites is 3. The Kier molecular flexibility index (Phi) is 15.5. The van der Waals surface area contributed by atoms with E-state index in [9.17, 15) is 29.7 Å². The zero-order chi connectivity index (χ0) is 102. The van der Waals surface area contributed by atoms with E-state index in [1.165, 1.54) is 0 Å². The van der Waals surface area contributed by atoms with Crippen molar-refractivity contribution >= 4 is 101 Å². The molecular weight excluding hydrogens is 1610 g/mol. The zero-order valence-corrected chi connectivity index (χ0v) is 73.6. The third-order valence-electron chi connectivity index (χ3n) is 26.9. The quantitative estimate of drug-likeness (QED) is 0.108. The van der Waals surface area contributed by atoms with Gasteiger partial charge in [-0.3, -0.25) is 0 Å². The maximum atomic E-state index is 11.0. The second kappa shape index (κ2) is 31.3. The predicted molar refractivity (Wildman–Crippen MR) is 552 cm³/mol. The van der Waals surface area contributed by atoms with Gasteiger partial charge in [0.25, 0.3) is 6.71 Å². The van der Waals surface area contributed by atoms with Crippen LogP contribution in [-0.4, -0.2) is 15.8 Å². The monoisotopic (exact) mass is 1710 g/mol. The first-order valence-corrected chi connectivity index (χ1v) is 44.8. The van der Waals surface area contributed by atoms with E-state index in [4.69, 9.17) is 4.74 Å². The van der Waals surface area contributed by atoms with Gasteiger partial charge in [-0.1, -0.05) is 333 Å². The van der Waals surface area contributed by atoms with Crippen LogP contribution in [-0.2, 0) is 16.2 Å². The van der Waals surface area contributed by atoms with Crippen LogP contribution in [0.15, 0.2) is 430 Å². The Balaban J connectivity index is 0.940. The Labute approximate surface area is 795 Å². The molecule has 0 atom stereocenters. The first-order valence-electron chi connectivity index (χ1n) is 51.8. The Morgan fingerprint density at radius 3 is 1.13 bits per heavy atom. The molecule has 0 radical (unpaired) electrons. The summed E-state index contributed by atoms with van der Waals surface area (Å²) in [4.78, 5) is 4.71. The molecule has 2 aromatic heterocycles. The standard InChI is InChI=1S/C125H89BN6O/c1-123(2,3)94-72-100(84-37-17-9-18-38-84)121(102(74-94)89-43-31-41-86(67-89)82-33-13-7-14-34-82)131-114-76-96(129-110-52-28-25-49-98(110)104-65-80(78-127)55-62-112(104)129)58-60-108(114)126-109-61-59-97(130-111-53-29-26-50-99(111)105-66-81(79-128)56-63-113(105)130)77-115(109)132(122-101(85-39-19-10-20-40-85)73-95(124(4,5)6)75-103(122)90-44-32-42-87(68-90)83-35-15-8-16-36-83)117-71-91(70-116(131)120(117)126)88-57-64-119-107(69-88)125(92-45-21-11-22-46-92,93-47-23-12-24-48-93)106-51-27-30-54-118(106)133-119/h7-77H,1-6H3/i25D,26D,28D,29D,49D,50D,52D,53D,55D,56D,62D,63D,65D,66D. The van der Waals surface area contributed by atoms with E-state index in [1.54, 1.807) is 9.13 Å². The second-order valence-corrected chi connectivity index (χ2v) is 36.6. The van der Waals surface area contributed by atoms with Crippen molar-refractivity contribution in [2.75, 3.05) is 9.80 Å². The van der Waals surface area contributed by atoms with Crippen molar-refractivity contribution in [3.8, 4) is 113 Å². The molecule has 3 aliphatic heterocycles. The summed E-state index contributed by atoms with van der Waals surface area (Å²) in [5, 5.41) is 21.4. The number of anilines is 6. The summed E-state index contributed by atoms with van der Waals surface area (Å²) in [6.45, 7) is 12.3. The van der Waals surface area contributed by atoms with E-state index in [-0.39, 0.29) is 55.0 Å². The molecule has 8 heteroatoms. The third-order valence-corrected chi connectivity index (χ3v) is 26.9. The number of ether oxygens (including phenoxy) is 1. The SMILES string of the molecule is [2H]c1c([2H])c([2H])c2c(c1[2H])c1c([2H])c(C#N)c([2H])c([2H])c1n2-c1ccc2c(c1)N(c1c(-c3ccccc3)cc(C(C)(C)C)cc1-c1cccc(-c3ccccc3)c1)c1cc(-c3ccc4c(c3)C(c3ccccc3)(c3ccccc3)c3ccccc3O4)cc3c1B2c1ccc(-n2c4c([2H])c([2H])c([2H])c([2H])c4c4c([2H])c(C#N)c([2H])c([2H])c42)cc1N3c1c(-c2ccccc2)cc(C(C)(C)C)cc1-c1cccc(-c2ccccc2)c1. The fourth-order valence-corrected chi connectivity index (χ4v) is 20.7. The van der Waals surface area contributed by atoms with Gasteiger partial charge in [0.05, 0.1) is 81.3 Å². The Morgan fingerprint density at radius 1 is 0.308 bits per heavy atom. The topological polar surface area (TPSA) is 73.1 Å². The highest BCUT2D eigenvalue weighted by Gasteiger charge is 2.49. The lowest BCUT2D eigenvalue weighted by atomic mass is 9.33. The Hall–Kier alpha value is -16.8. The zero-order valence-electron chi connectivity index (χ0n) is 87.6. The summed E-state index contributed by atoms with van der Waals surface area (Å²) in [6, 6.07) is 116. The van der Waals surface area contributed by atoms with E-state index in [0.717, 1.165) is 111 Å². The maximum Gasteiger partial charge on any atom is 0.252 e.